The van der Waals surface area contributed by atoms with Gasteiger partial charge in [-0.15, -0.1) is 0 Å². The molecule has 0 unspecified atom stereocenters. The zero-order valence-electron chi connectivity index (χ0n) is 9.53. The van der Waals surface area contributed by atoms with Crippen LogP contribution in [0.4, 0.5) is 5.82 Å². The second-order valence-electron chi connectivity index (χ2n) is 4.01. The van der Waals surface area contributed by atoms with E-state index in [1.54, 1.807) is 18.7 Å². The number of hydrogen-bond acceptors (Lipinski definition) is 3. The van der Waals surface area contributed by atoms with Crippen LogP contribution in [0.25, 0.3) is 0 Å². The molecule has 0 saturated heterocycles. The number of aryl methyl sites for hydroxylation is 2. The fourth-order valence-corrected chi connectivity index (χ4v) is 1.42. The van der Waals surface area contributed by atoms with Crippen molar-refractivity contribution in [3.63, 3.8) is 0 Å². The topological polar surface area (TPSA) is 67.2 Å². The molecule has 0 aromatic carbocycles. The van der Waals surface area contributed by atoms with Crippen molar-refractivity contribution in [3.8, 4) is 0 Å². The van der Waals surface area contributed by atoms with E-state index in [1.165, 1.54) is 0 Å². The zero-order chi connectivity index (χ0) is 11.6. The van der Waals surface area contributed by atoms with Gasteiger partial charge in [-0.1, -0.05) is 13.8 Å². The zero-order valence-corrected chi connectivity index (χ0v) is 9.53. The molecule has 0 aliphatic rings. The number of anilines is 1. The van der Waals surface area contributed by atoms with E-state index in [0.717, 1.165) is 6.54 Å². The monoisotopic (exact) mass is 211 g/mol. The molecule has 1 aromatic rings. The van der Waals surface area contributed by atoms with Crippen molar-refractivity contribution >= 4 is 11.8 Å². The molecule has 2 N–H and O–H groups in total. The Bertz CT molecular complexity index is 369. The number of nitrogens with one attached hydrogen (secondary N) is 1. The number of carboxylic acids is 1. The van der Waals surface area contributed by atoms with Gasteiger partial charge in [0.05, 0.1) is 5.69 Å². The van der Waals surface area contributed by atoms with Crippen LogP contribution in [-0.4, -0.2) is 27.4 Å². The molecule has 1 heterocycles. The molecule has 1 aromatic heterocycles. The summed E-state index contributed by atoms with van der Waals surface area (Å²) in [6, 6.07) is 0. The molecule has 1 rings (SSSR count). The van der Waals surface area contributed by atoms with E-state index in [2.05, 4.69) is 24.3 Å². The number of hydrogen-bond donors (Lipinski definition) is 2. The first-order valence-corrected chi connectivity index (χ1v) is 4.94. The summed E-state index contributed by atoms with van der Waals surface area (Å²) in [6.45, 7) is 6.57. The van der Waals surface area contributed by atoms with Crippen LogP contribution in [0.1, 0.15) is 29.9 Å². The predicted molar refractivity (Wildman–Crippen MR) is 58.2 cm³/mol. The lowest BCUT2D eigenvalue weighted by Gasteiger charge is -2.09. The molecule has 0 saturated carbocycles. The maximum absolute atomic E-state index is 11.0. The third kappa shape index (κ3) is 2.49. The molecule has 0 aliphatic carbocycles. The maximum Gasteiger partial charge on any atom is 0.341 e. The summed E-state index contributed by atoms with van der Waals surface area (Å²) in [4.78, 5) is 11.0. The second kappa shape index (κ2) is 4.33. The molecule has 0 aliphatic heterocycles. The number of aromatic nitrogens is 2. The molecular formula is C10H17N3O2. The minimum absolute atomic E-state index is 0.262. The Morgan fingerprint density at radius 2 is 2.20 bits per heavy atom. The first-order chi connectivity index (χ1) is 6.93. The van der Waals surface area contributed by atoms with Crippen LogP contribution in [0.3, 0.4) is 0 Å². The number of rotatable bonds is 4. The lowest BCUT2D eigenvalue weighted by atomic mass is 10.2. The fraction of sp³-hybridized carbons (Fsp3) is 0.600. The van der Waals surface area contributed by atoms with Gasteiger partial charge in [-0.3, -0.25) is 4.68 Å². The largest absolute Gasteiger partial charge is 0.477 e. The van der Waals surface area contributed by atoms with Crippen LogP contribution >= 0.6 is 0 Å². The maximum atomic E-state index is 11.0. The Morgan fingerprint density at radius 1 is 1.60 bits per heavy atom. The highest BCUT2D eigenvalue weighted by molar-refractivity contribution is 5.94. The molecule has 0 radical (unpaired) electrons. The van der Waals surface area contributed by atoms with Crippen molar-refractivity contribution in [2.24, 2.45) is 13.0 Å². The SMILES string of the molecule is Cc1nn(C)c(NCC(C)C)c1C(=O)O. The van der Waals surface area contributed by atoms with Gasteiger partial charge in [-0.05, 0) is 12.8 Å². The van der Waals surface area contributed by atoms with E-state index < -0.39 is 5.97 Å². The molecule has 5 nitrogen and oxygen atoms in total. The van der Waals surface area contributed by atoms with E-state index in [1.807, 2.05) is 0 Å². The highest BCUT2D eigenvalue weighted by Crippen LogP contribution is 2.18. The van der Waals surface area contributed by atoms with Gasteiger partial charge in [-0.25, -0.2) is 4.79 Å². The smallest absolute Gasteiger partial charge is 0.341 e. The summed E-state index contributed by atoms with van der Waals surface area (Å²) in [7, 11) is 1.74. The lowest BCUT2D eigenvalue weighted by molar-refractivity contribution is 0.0697. The van der Waals surface area contributed by atoms with E-state index in [4.69, 9.17) is 5.11 Å². The summed E-state index contributed by atoms with van der Waals surface area (Å²) in [5.41, 5.74) is 0.800. The standard InChI is InChI=1S/C10H17N3O2/c1-6(2)5-11-9-8(10(14)15)7(3)12-13(9)4/h6,11H,5H2,1-4H3,(H,14,15). The first kappa shape index (κ1) is 11.6. The molecule has 0 atom stereocenters. The van der Waals surface area contributed by atoms with Crippen LogP contribution in [0.5, 0.6) is 0 Å². The van der Waals surface area contributed by atoms with Crippen molar-refractivity contribution in [1.82, 2.24) is 9.78 Å². The fourth-order valence-electron chi connectivity index (χ4n) is 1.42. The van der Waals surface area contributed by atoms with Crippen LogP contribution in [-0.2, 0) is 7.05 Å². The normalized spacial score (nSPS) is 10.7. The van der Waals surface area contributed by atoms with Crippen LogP contribution in [0.2, 0.25) is 0 Å². The van der Waals surface area contributed by atoms with Crippen molar-refractivity contribution in [3.05, 3.63) is 11.3 Å². The quantitative estimate of drug-likeness (QED) is 0.792. The summed E-state index contributed by atoms with van der Waals surface area (Å²) in [6.07, 6.45) is 0. The van der Waals surface area contributed by atoms with E-state index in [-0.39, 0.29) is 5.56 Å². The molecule has 0 spiro atoms. The summed E-state index contributed by atoms with van der Waals surface area (Å²) >= 11 is 0. The summed E-state index contributed by atoms with van der Waals surface area (Å²) in [5.74, 6) is 0.0995. The van der Waals surface area contributed by atoms with E-state index >= 15 is 0 Å². The molecule has 5 heteroatoms. The first-order valence-electron chi connectivity index (χ1n) is 4.94. The number of carbonyl (C=O) groups is 1. The van der Waals surface area contributed by atoms with Gasteiger partial charge < -0.3 is 10.4 Å². The number of aromatic carboxylic acids is 1. The average molecular weight is 211 g/mol. The Kier molecular flexibility index (Phi) is 3.34. The van der Waals surface area contributed by atoms with E-state index in [9.17, 15) is 4.79 Å². The Hall–Kier alpha value is -1.52. The lowest BCUT2D eigenvalue weighted by Crippen LogP contribution is -2.13. The van der Waals surface area contributed by atoms with Gasteiger partial charge >= 0.3 is 5.97 Å². The van der Waals surface area contributed by atoms with Gasteiger partial charge in [0.25, 0.3) is 0 Å². The van der Waals surface area contributed by atoms with Gasteiger partial charge in [-0.2, -0.15) is 5.10 Å². The highest BCUT2D eigenvalue weighted by atomic mass is 16.4. The van der Waals surface area contributed by atoms with Crippen molar-refractivity contribution in [2.45, 2.75) is 20.8 Å². The van der Waals surface area contributed by atoms with Crippen molar-refractivity contribution in [1.29, 1.82) is 0 Å². The number of carboxylic acid groups (broad SMARTS) is 1. The van der Waals surface area contributed by atoms with Crippen LogP contribution < -0.4 is 5.32 Å². The highest BCUT2D eigenvalue weighted by Gasteiger charge is 2.19. The average Bonchev–Trinajstić information content (AvgIpc) is 2.37. The molecule has 0 amide bonds. The minimum Gasteiger partial charge on any atom is -0.477 e. The summed E-state index contributed by atoms with van der Waals surface area (Å²) in [5, 5.41) is 16.2. The Balaban J connectivity index is 2.99. The Labute approximate surface area is 89.1 Å². The van der Waals surface area contributed by atoms with Crippen molar-refractivity contribution < 1.29 is 9.90 Å². The van der Waals surface area contributed by atoms with Gasteiger partial charge in [0.15, 0.2) is 0 Å². The predicted octanol–water partition coefficient (Wildman–Crippen LogP) is 1.49. The molecule has 84 valence electrons. The molecule has 15 heavy (non-hydrogen) atoms. The molecule has 0 fully saturated rings. The third-order valence-electron chi connectivity index (χ3n) is 2.11. The molecule has 0 bridgehead atoms. The van der Waals surface area contributed by atoms with Crippen LogP contribution in [0.15, 0.2) is 0 Å². The van der Waals surface area contributed by atoms with Gasteiger partial charge in [0, 0.05) is 13.6 Å². The number of nitrogens with zero attached hydrogens (tertiary/aromatic N) is 2. The third-order valence-corrected chi connectivity index (χ3v) is 2.11. The Morgan fingerprint density at radius 3 is 2.67 bits per heavy atom. The van der Waals surface area contributed by atoms with Gasteiger partial charge in [0.2, 0.25) is 0 Å². The second-order valence-corrected chi connectivity index (χ2v) is 4.01. The van der Waals surface area contributed by atoms with Crippen molar-refractivity contribution in [2.75, 3.05) is 11.9 Å². The van der Waals surface area contributed by atoms with E-state index in [0.29, 0.717) is 17.4 Å². The summed E-state index contributed by atoms with van der Waals surface area (Å²) < 4.78 is 1.57. The minimum atomic E-state index is -0.938. The molecular weight excluding hydrogens is 194 g/mol. The van der Waals surface area contributed by atoms with Crippen LogP contribution in [0, 0.1) is 12.8 Å². The van der Waals surface area contributed by atoms with Gasteiger partial charge in [0.1, 0.15) is 11.4 Å².